The van der Waals surface area contributed by atoms with Crippen LogP contribution in [0.5, 0.6) is 0 Å². The van der Waals surface area contributed by atoms with E-state index in [0.717, 1.165) is 19.6 Å². The maximum absolute atomic E-state index is 11.9. The highest BCUT2D eigenvalue weighted by atomic mass is 19.4. The molecule has 1 aliphatic heterocycles. The Bertz CT molecular complexity index is 164. The number of likely N-dealkylation sites (tertiary alicyclic amines) is 1. The van der Waals surface area contributed by atoms with Crippen molar-refractivity contribution in [1.82, 2.24) is 10.2 Å². The Labute approximate surface area is 82.5 Å². The van der Waals surface area contributed by atoms with Gasteiger partial charge in [-0.1, -0.05) is 0 Å². The second-order valence-corrected chi connectivity index (χ2v) is 3.90. The summed E-state index contributed by atoms with van der Waals surface area (Å²) >= 11 is 0. The van der Waals surface area contributed by atoms with E-state index in [-0.39, 0.29) is 6.04 Å². The van der Waals surface area contributed by atoms with Crippen molar-refractivity contribution in [3.05, 3.63) is 0 Å². The summed E-state index contributed by atoms with van der Waals surface area (Å²) in [5, 5.41) is 2.48. The van der Waals surface area contributed by atoms with Gasteiger partial charge in [-0.25, -0.2) is 0 Å². The summed E-state index contributed by atoms with van der Waals surface area (Å²) in [6.07, 6.45) is -1.75. The van der Waals surface area contributed by atoms with E-state index in [0.29, 0.717) is 0 Å². The van der Waals surface area contributed by atoms with Crippen molar-refractivity contribution < 1.29 is 13.2 Å². The van der Waals surface area contributed by atoms with E-state index in [1.807, 2.05) is 0 Å². The highest BCUT2D eigenvalue weighted by molar-refractivity contribution is 4.73. The molecule has 1 N–H and O–H groups in total. The summed E-state index contributed by atoms with van der Waals surface area (Å²) in [5.74, 6) is 0. The number of rotatable bonds is 4. The Morgan fingerprint density at radius 1 is 1.29 bits per heavy atom. The van der Waals surface area contributed by atoms with E-state index >= 15 is 0 Å². The first-order valence-electron chi connectivity index (χ1n) is 5.00. The molecule has 84 valence electrons. The number of nitrogens with one attached hydrogen (secondary N) is 1. The number of halogens is 3. The van der Waals surface area contributed by atoms with Crippen LogP contribution in [0, 0.1) is 0 Å². The largest absolute Gasteiger partial charge is 0.401 e. The van der Waals surface area contributed by atoms with Crippen LogP contribution in [-0.2, 0) is 0 Å². The third-order valence-corrected chi connectivity index (χ3v) is 2.38. The number of nitrogens with zero attached hydrogens (tertiary/aromatic N) is 1. The Hall–Kier alpha value is -0.290. The van der Waals surface area contributed by atoms with E-state index in [1.54, 1.807) is 6.92 Å². The molecule has 0 saturated carbocycles. The number of hydrogen-bond acceptors (Lipinski definition) is 2. The molecule has 5 heteroatoms. The molecule has 1 rings (SSSR count). The smallest absolute Gasteiger partial charge is 0.305 e. The second-order valence-electron chi connectivity index (χ2n) is 3.90. The van der Waals surface area contributed by atoms with Gasteiger partial charge in [0, 0.05) is 12.6 Å². The van der Waals surface area contributed by atoms with E-state index in [4.69, 9.17) is 0 Å². The van der Waals surface area contributed by atoms with E-state index in [1.165, 1.54) is 12.8 Å². The standard InChI is InChI=1S/C9H17F3N2/c1-8(13-7-9(10,11)12)6-14-4-2-3-5-14/h8,13H,2-7H2,1H3. The van der Waals surface area contributed by atoms with Crippen molar-refractivity contribution >= 4 is 0 Å². The molecular formula is C9H17F3N2. The molecule has 1 atom stereocenters. The zero-order valence-corrected chi connectivity index (χ0v) is 8.40. The fourth-order valence-electron chi connectivity index (χ4n) is 1.71. The molecule has 1 heterocycles. The Morgan fingerprint density at radius 2 is 1.86 bits per heavy atom. The third kappa shape index (κ3) is 4.81. The Balaban J connectivity index is 2.12. The molecule has 14 heavy (non-hydrogen) atoms. The molecule has 1 aliphatic rings. The van der Waals surface area contributed by atoms with Crippen molar-refractivity contribution in [3.8, 4) is 0 Å². The normalized spacial score (nSPS) is 21.4. The maximum atomic E-state index is 11.9. The predicted octanol–water partition coefficient (Wildman–Crippen LogP) is 1.62. The first-order valence-corrected chi connectivity index (χ1v) is 5.00. The van der Waals surface area contributed by atoms with Crippen LogP contribution in [0.1, 0.15) is 19.8 Å². The minimum absolute atomic E-state index is 0.0882. The first kappa shape index (κ1) is 11.8. The first-order chi connectivity index (χ1) is 6.47. The zero-order chi connectivity index (χ0) is 10.6. The quantitative estimate of drug-likeness (QED) is 0.758. The molecule has 0 aliphatic carbocycles. The predicted molar refractivity (Wildman–Crippen MR) is 49.2 cm³/mol. The van der Waals surface area contributed by atoms with Crippen molar-refractivity contribution in [2.24, 2.45) is 0 Å². The molecular weight excluding hydrogens is 193 g/mol. The topological polar surface area (TPSA) is 15.3 Å². The van der Waals surface area contributed by atoms with Gasteiger partial charge in [0.2, 0.25) is 0 Å². The summed E-state index contributed by atoms with van der Waals surface area (Å²) in [4.78, 5) is 2.20. The summed E-state index contributed by atoms with van der Waals surface area (Å²) < 4.78 is 35.6. The van der Waals surface area contributed by atoms with Gasteiger partial charge in [-0.05, 0) is 32.9 Å². The van der Waals surface area contributed by atoms with Crippen LogP contribution in [0.2, 0.25) is 0 Å². The SMILES string of the molecule is CC(CN1CCCC1)NCC(F)(F)F. The van der Waals surface area contributed by atoms with Gasteiger partial charge < -0.3 is 10.2 Å². The van der Waals surface area contributed by atoms with E-state index in [9.17, 15) is 13.2 Å². The molecule has 1 saturated heterocycles. The van der Waals surface area contributed by atoms with Crippen LogP contribution in [0.4, 0.5) is 13.2 Å². The van der Waals surface area contributed by atoms with Gasteiger partial charge in [-0.3, -0.25) is 0 Å². The van der Waals surface area contributed by atoms with Crippen molar-refractivity contribution in [3.63, 3.8) is 0 Å². The van der Waals surface area contributed by atoms with Gasteiger partial charge in [0.1, 0.15) is 0 Å². The van der Waals surface area contributed by atoms with Crippen LogP contribution in [-0.4, -0.2) is 43.3 Å². The number of alkyl halides is 3. The van der Waals surface area contributed by atoms with Crippen LogP contribution >= 0.6 is 0 Å². The van der Waals surface area contributed by atoms with Crippen LogP contribution in [0.3, 0.4) is 0 Å². The van der Waals surface area contributed by atoms with Gasteiger partial charge >= 0.3 is 6.18 Å². The van der Waals surface area contributed by atoms with Gasteiger partial charge in [-0.2, -0.15) is 13.2 Å². The molecule has 0 spiro atoms. The Kier molecular flexibility index (Phi) is 4.19. The lowest BCUT2D eigenvalue weighted by Crippen LogP contribution is -2.42. The summed E-state index contributed by atoms with van der Waals surface area (Å²) in [6.45, 7) is 3.68. The molecule has 0 aromatic rings. The third-order valence-electron chi connectivity index (χ3n) is 2.38. The monoisotopic (exact) mass is 210 g/mol. The minimum atomic E-state index is -4.10. The maximum Gasteiger partial charge on any atom is 0.401 e. The van der Waals surface area contributed by atoms with E-state index in [2.05, 4.69) is 10.2 Å². The Morgan fingerprint density at radius 3 is 2.36 bits per heavy atom. The summed E-state index contributed by atoms with van der Waals surface area (Å²) in [5.41, 5.74) is 0. The number of hydrogen-bond donors (Lipinski definition) is 1. The molecule has 0 bridgehead atoms. The molecule has 1 unspecified atom stereocenters. The van der Waals surface area contributed by atoms with Crippen molar-refractivity contribution in [1.29, 1.82) is 0 Å². The lowest BCUT2D eigenvalue weighted by atomic mass is 10.3. The lowest BCUT2D eigenvalue weighted by Gasteiger charge is -2.21. The van der Waals surface area contributed by atoms with Gasteiger partial charge in [0.15, 0.2) is 0 Å². The summed E-state index contributed by atoms with van der Waals surface area (Å²) in [6, 6.07) is -0.0882. The molecule has 0 aromatic carbocycles. The van der Waals surface area contributed by atoms with Gasteiger partial charge in [-0.15, -0.1) is 0 Å². The lowest BCUT2D eigenvalue weighted by molar-refractivity contribution is -0.126. The average molecular weight is 210 g/mol. The van der Waals surface area contributed by atoms with Gasteiger partial charge in [0.05, 0.1) is 6.54 Å². The minimum Gasteiger partial charge on any atom is -0.305 e. The second kappa shape index (κ2) is 4.98. The molecule has 2 nitrogen and oxygen atoms in total. The summed E-state index contributed by atoms with van der Waals surface area (Å²) in [7, 11) is 0. The fraction of sp³-hybridized carbons (Fsp3) is 1.00. The molecule has 1 fully saturated rings. The van der Waals surface area contributed by atoms with Crippen LogP contribution < -0.4 is 5.32 Å². The molecule has 0 radical (unpaired) electrons. The zero-order valence-electron chi connectivity index (χ0n) is 8.40. The van der Waals surface area contributed by atoms with Gasteiger partial charge in [0.25, 0.3) is 0 Å². The van der Waals surface area contributed by atoms with Crippen molar-refractivity contribution in [2.75, 3.05) is 26.2 Å². The molecule has 0 aromatic heterocycles. The highest BCUT2D eigenvalue weighted by Crippen LogP contribution is 2.13. The average Bonchev–Trinajstić information content (AvgIpc) is 2.52. The molecule has 0 amide bonds. The van der Waals surface area contributed by atoms with Crippen molar-refractivity contribution in [2.45, 2.75) is 32.0 Å². The highest BCUT2D eigenvalue weighted by Gasteiger charge is 2.27. The van der Waals surface area contributed by atoms with E-state index < -0.39 is 12.7 Å². The fourth-order valence-corrected chi connectivity index (χ4v) is 1.71. The van der Waals surface area contributed by atoms with Crippen LogP contribution in [0.25, 0.3) is 0 Å². The van der Waals surface area contributed by atoms with Crippen LogP contribution in [0.15, 0.2) is 0 Å².